The first-order valence-electron chi connectivity index (χ1n) is 10.7. The van der Waals surface area contributed by atoms with Crippen molar-refractivity contribution in [2.24, 2.45) is 0 Å². The Balaban J connectivity index is 1.49. The molecule has 0 aliphatic heterocycles. The molecule has 5 rings (SSSR count). The summed E-state index contributed by atoms with van der Waals surface area (Å²) in [5.41, 5.74) is 2.51. The molecule has 178 valence electrons. The van der Waals surface area contributed by atoms with E-state index in [1.165, 1.54) is 51.9 Å². The predicted molar refractivity (Wildman–Crippen MR) is 124 cm³/mol. The molecule has 0 unspecified atom stereocenters. The predicted octanol–water partition coefficient (Wildman–Crippen LogP) is 3.78. The maximum atomic E-state index is 13.3. The number of anilines is 1. The molecule has 1 aliphatic carbocycles. The van der Waals surface area contributed by atoms with E-state index in [1.807, 2.05) is 16.9 Å². The van der Waals surface area contributed by atoms with Crippen LogP contribution in [0.15, 0.2) is 52.1 Å². The quantitative estimate of drug-likeness (QED) is 0.381. The minimum absolute atomic E-state index is 0.00136. The van der Waals surface area contributed by atoms with Gasteiger partial charge in [0.25, 0.3) is 10.0 Å². The molecule has 2 heterocycles. The third-order valence-electron chi connectivity index (χ3n) is 5.75. The van der Waals surface area contributed by atoms with Crippen LogP contribution in [0.5, 0.6) is 17.2 Å². The van der Waals surface area contributed by atoms with E-state index in [9.17, 15) is 8.42 Å². The van der Waals surface area contributed by atoms with Crippen molar-refractivity contribution in [2.45, 2.75) is 30.2 Å². The first kappa shape index (κ1) is 22.1. The molecular weight excluding hydrogens is 460 g/mol. The molecule has 11 heteroatoms. The van der Waals surface area contributed by atoms with E-state index >= 15 is 0 Å². The Bertz CT molecular complexity index is 1430. The molecule has 0 spiro atoms. The number of ether oxygens (including phenoxy) is 3. The maximum Gasteiger partial charge on any atom is 0.270 e. The van der Waals surface area contributed by atoms with E-state index in [4.69, 9.17) is 18.7 Å². The maximum absolute atomic E-state index is 13.3. The zero-order valence-corrected chi connectivity index (χ0v) is 19.8. The van der Waals surface area contributed by atoms with E-state index in [2.05, 4.69) is 21.2 Å². The van der Waals surface area contributed by atoms with Crippen LogP contribution in [0.4, 0.5) is 5.82 Å². The molecule has 10 nitrogen and oxygen atoms in total. The highest BCUT2D eigenvalue weighted by molar-refractivity contribution is 7.93. The van der Waals surface area contributed by atoms with Crippen molar-refractivity contribution >= 4 is 26.8 Å². The minimum Gasteiger partial charge on any atom is -0.496 e. The number of benzene rings is 2. The van der Waals surface area contributed by atoms with Crippen LogP contribution >= 0.6 is 0 Å². The van der Waals surface area contributed by atoms with Crippen LogP contribution in [0, 0.1) is 0 Å². The fourth-order valence-electron chi connectivity index (χ4n) is 3.95. The Labute approximate surface area is 196 Å². The van der Waals surface area contributed by atoms with Gasteiger partial charge in [0.15, 0.2) is 16.3 Å². The van der Waals surface area contributed by atoms with Gasteiger partial charge < -0.3 is 18.7 Å². The van der Waals surface area contributed by atoms with Crippen molar-refractivity contribution in [1.29, 1.82) is 0 Å². The van der Waals surface area contributed by atoms with Crippen molar-refractivity contribution in [3.8, 4) is 17.2 Å². The molecule has 2 aromatic carbocycles. The summed E-state index contributed by atoms with van der Waals surface area (Å²) in [6.07, 6.45) is 6.38. The van der Waals surface area contributed by atoms with Crippen molar-refractivity contribution in [2.75, 3.05) is 26.1 Å². The summed E-state index contributed by atoms with van der Waals surface area (Å²) < 4.78 is 52.4. The van der Waals surface area contributed by atoms with Crippen molar-refractivity contribution in [3.63, 3.8) is 0 Å². The van der Waals surface area contributed by atoms with E-state index in [1.54, 1.807) is 12.1 Å². The van der Waals surface area contributed by atoms with Crippen LogP contribution < -0.4 is 18.9 Å². The molecule has 0 atom stereocenters. The van der Waals surface area contributed by atoms with Crippen LogP contribution in [-0.2, 0) is 16.6 Å². The highest BCUT2D eigenvalue weighted by Gasteiger charge is 2.28. The SMILES string of the molecule is COc1cccc(OC)c1S(=O)(=O)Nc1noc2cc(Cn3cc(C4CC4)cn3)cc(OC)c12. The molecule has 0 bridgehead atoms. The van der Waals surface area contributed by atoms with Gasteiger partial charge in [-0.25, -0.2) is 8.42 Å². The first-order chi connectivity index (χ1) is 16.4. The van der Waals surface area contributed by atoms with Crippen LogP contribution in [0.1, 0.15) is 29.9 Å². The zero-order chi connectivity index (χ0) is 23.9. The summed E-state index contributed by atoms with van der Waals surface area (Å²) in [5, 5.41) is 8.81. The number of fused-ring (bicyclic) bond motifs is 1. The number of hydrogen-bond donors (Lipinski definition) is 1. The average molecular weight is 485 g/mol. The van der Waals surface area contributed by atoms with E-state index in [-0.39, 0.29) is 22.2 Å². The summed E-state index contributed by atoms with van der Waals surface area (Å²) >= 11 is 0. The summed E-state index contributed by atoms with van der Waals surface area (Å²) in [4.78, 5) is -0.142. The van der Waals surface area contributed by atoms with Crippen LogP contribution in [0.3, 0.4) is 0 Å². The first-order valence-corrected chi connectivity index (χ1v) is 12.1. The van der Waals surface area contributed by atoms with Crippen LogP contribution in [-0.4, -0.2) is 44.7 Å². The lowest BCUT2D eigenvalue weighted by Gasteiger charge is -2.14. The molecule has 1 aliphatic rings. The van der Waals surface area contributed by atoms with Gasteiger partial charge in [-0.05, 0) is 54.2 Å². The van der Waals surface area contributed by atoms with Gasteiger partial charge in [-0.15, -0.1) is 0 Å². The molecule has 1 saturated carbocycles. The second-order valence-corrected chi connectivity index (χ2v) is 9.66. The summed E-state index contributed by atoms with van der Waals surface area (Å²) in [5.74, 6) is 1.32. The Morgan fingerprint density at radius 3 is 2.44 bits per heavy atom. The smallest absolute Gasteiger partial charge is 0.270 e. The van der Waals surface area contributed by atoms with Gasteiger partial charge in [0.05, 0.1) is 34.1 Å². The summed E-state index contributed by atoms with van der Waals surface area (Å²) in [6.45, 7) is 0.513. The average Bonchev–Trinajstić information content (AvgIpc) is 3.47. The molecular formula is C23H24N4O6S. The number of hydrogen-bond acceptors (Lipinski definition) is 8. The van der Waals surface area contributed by atoms with Gasteiger partial charge in [-0.1, -0.05) is 11.2 Å². The zero-order valence-electron chi connectivity index (χ0n) is 18.9. The van der Waals surface area contributed by atoms with Gasteiger partial charge in [0.1, 0.15) is 22.6 Å². The fourth-order valence-corrected chi connectivity index (χ4v) is 5.28. The Morgan fingerprint density at radius 1 is 1.09 bits per heavy atom. The van der Waals surface area contributed by atoms with Crippen molar-refractivity contribution < 1.29 is 27.2 Å². The number of aromatic nitrogens is 3. The Hall–Kier alpha value is -3.73. The lowest BCUT2D eigenvalue weighted by atomic mass is 10.1. The van der Waals surface area contributed by atoms with Crippen LogP contribution in [0.2, 0.25) is 0 Å². The molecule has 0 saturated heterocycles. The molecule has 1 N–H and O–H groups in total. The number of sulfonamides is 1. The van der Waals surface area contributed by atoms with Gasteiger partial charge in [0.2, 0.25) is 0 Å². The normalized spacial score (nSPS) is 13.7. The number of methoxy groups -OCH3 is 3. The second kappa shape index (κ2) is 8.56. The third-order valence-corrected chi connectivity index (χ3v) is 7.15. The molecule has 0 radical (unpaired) electrons. The number of rotatable bonds is 9. The lowest BCUT2D eigenvalue weighted by molar-refractivity contribution is 0.373. The second-order valence-electron chi connectivity index (χ2n) is 8.05. The van der Waals surface area contributed by atoms with Gasteiger partial charge in [-0.2, -0.15) is 5.10 Å². The molecule has 0 amide bonds. The van der Waals surface area contributed by atoms with Crippen molar-refractivity contribution in [1.82, 2.24) is 14.9 Å². The van der Waals surface area contributed by atoms with Gasteiger partial charge >= 0.3 is 0 Å². The summed E-state index contributed by atoms with van der Waals surface area (Å²) in [7, 11) is 0.143. The van der Waals surface area contributed by atoms with E-state index in [0.717, 1.165) is 5.56 Å². The molecule has 4 aromatic rings. The monoisotopic (exact) mass is 484 g/mol. The highest BCUT2D eigenvalue weighted by Crippen LogP contribution is 2.40. The largest absolute Gasteiger partial charge is 0.496 e. The minimum atomic E-state index is -4.14. The van der Waals surface area contributed by atoms with Gasteiger partial charge in [-0.3, -0.25) is 9.40 Å². The fraction of sp³-hybridized carbons (Fsp3) is 0.304. The molecule has 34 heavy (non-hydrogen) atoms. The number of nitrogens with one attached hydrogen (secondary N) is 1. The van der Waals surface area contributed by atoms with Crippen LogP contribution in [0.25, 0.3) is 11.0 Å². The lowest BCUT2D eigenvalue weighted by Crippen LogP contribution is -2.15. The van der Waals surface area contributed by atoms with Crippen molar-refractivity contribution in [3.05, 3.63) is 53.9 Å². The molecule has 2 aromatic heterocycles. The molecule has 1 fully saturated rings. The van der Waals surface area contributed by atoms with E-state index < -0.39 is 10.0 Å². The van der Waals surface area contributed by atoms with E-state index in [0.29, 0.717) is 29.2 Å². The van der Waals surface area contributed by atoms with Gasteiger partial charge in [0, 0.05) is 6.20 Å². The number of nitrogens with zero attached hydrogens (tertiary/aromatic N) is 3. The summed E-state index contributed by atoms with van der Waals surface area (Å²) in [6, 6.07) is 8.33. The Morgan fingerprint density at radius 2 is 1.79 bits per heavy atom. The Kier molecular flexibility index (Phi) is 5.56. The topological polar surface area (TPSA) is 118 Å². The standard InChI is InChI=1S/C23H24N4O6S/c1-30-17-5-4-6-18(31-2)22(17)34(28,29)26-23-21-19(32-3)9-14(10-20(21)33-25-23)12-27-13-16(11-24-27)15-7-8-15/h4-6,9-11,13,15H,7-8,12H2,1-3H3,(H,25,26). The third kappa shape index (κ3) is 4.03. The highest BCUT2D eigenvalue weighted by atomic mass is 32.2.